The van der Waals surface area contributed by atoms with Gasteiger partial charge in [-0.3, -0.25) is 9.59 Å². The van der Waals surface area contributed by atoms with Gasteiger partial charge in [0.15, 0.2) is 23.3 Å². The highest BCUT2D eigenvalue weighted by molar-refractivity contribution is 6.04. The van der Waals surface area contributed by atoms with Crippen molar-refractivity contribution in [2.75, 3.05) is 5.32 Å². The highest BCUT2D eigenvalue weighted by Crippen LogP contribution is 2.24. The average molecular weight is 345 g/mol. The molecule has 4 nitrogen and oxygen atoms in total. The summed E-state index contributed by atoms with van der Waals surface area (Å²) in [4.78, 5) is 22.3. The summed E-state index contributed by atoms with van der Waals surface area (Å²) in [6, 6.07) is 5.09. The quantitative estimate of drug-likeness (QED) is 0.508. The molecule has 2 aromatic carbocycles. The molecule has 0 saturated carbocycles. The first-order valence-corrected chi connectivity index (χ1v) is 6.36. The molecule has 0 spiro atoms. The smallest absolute Gasteiger partial charge is 0.307 e. The number of halogens is 5. The highest BCUT2D eigenvalue weighted by Gasteiger charge is 2.29. The third-order valence-corrected chi connectivity index (χ3v) is 3.00. The lowest BCUT2D eigenvalue weighted by atomic mass is 10.1. The molecule has 126 valence electrons. The molecular formula is C15H8F5NO3. The molecule has 24 heavy (non-hydrogen) atoms. The first kappa shape index (κ1) is 17.4. The number of hydrogen-bond donors (Lipinski definition) is 2. The Labute approximate surface area is 131 Å². The van der Waals surface area contributed by atoms with Crippen LogP contribution in [0.25, 0.3) is 0 Å². The van der Waals surface area contributed by atoms with Crippen LogP contribution in [-0.2, 0) is 11.2 Å². The van der Waals surface area contributed by atoms with Crippen molar-refractivity contribution in [3.05, 3.63) is 64.5 Å². The summed E-state index contributed by atoms with van der Waals surface area (Å²) < 4.78 is 66.1. The molecule has 0 aliphatic rings. The number of carboxylic acid groups (broad SMARTS) is 1. The van der Waals surface area contributed by atoms with Crippen LogP contribution in [-0.4, -0.2) is 17.0 Å². The monoisotopic (exact) mass is 345 g/mol. The predicted molar refractivity (Wildman–Crippen MR) is 72.0 cm³/mol. The summed E-state index contributed by atoms with van der Waals surface area (Å²) in [5, 5.41) is 10.6. The first-order valence-electron chi connectivity index (χ1n) is 6.36. The van der Waals surface area contributed by atoms with Crippen molar-refractivity contribution >= 4 is 17.6 Å². The predicted octanol–water partition coefficient (Wildman–Crippen LogP) is 3.26. The Bertz CT molecular complexity index is 792. The molecule has 0 fully saturated rings. The third-order valence-electron chi connectivity index (χ3n) is 3.00. The number of benzene rings is 2. The fourth-order valence-electron chi connectivity index (χ4n) is 1.88. The number of anilines is 1. The molecule has 0 atom stereocenters. The second-order valence-corrected chi connectivity index (χ2v) is 4.67. The number of hydrogen-bond acceptors (Lipinski definition) is 2. The zero-order valence-corrected chi connectivity index (χ0v) is 11.7. The van der Waals surface area contributed by atoms with E-state index in [2.05, 4.69) is 0 Å². The van der Waals surface area contributed by atoms with Gasteiger partial charge in [-0.05, 0) is 17.7 Å². The fourth-order valence-corrected chi connectivity index (χ4v) is 1.88. The minimum atomic E-state index is -2.36. The summed E-state index contributed by atoms with van der Waals surface area (Å²) in [7, 11) is 0. The van der Waals surface area contributed by atoms with Crippen molar-refractivity contribution in [3.63, 3.8) is 0 Å². The summed E-state index contributed by atoms with van der Waals surface area (Å²) in [6.07, 6.45) is -0.286. The summed E-state index contributed by atoms with van der Waals surface area (Å²) in [5.74, 6) is -13.9. The summed E-state index contributed by atoms with van der Waals surface area (Å²) >= 11 is 0. The molecule has 0 heterocycles. The van der Waals surface area contributed by atoms with Crippen LogP contribution in [0.5, 0.6) is 0 Å². The highest BCUT2D eigenvalue weighted by atomic mass is 19.2. The van der Waals surface area contributed by atoms with Gasteiger partial charge in [0.2, 0.25) is 5.82 Å². The molecular weight excluding hydrogens is 337 g/mol. The molecule has 0 saturated heterocycles. The third kappa shape index (κ3) is 3.34. The summed E-state index contributed by atoms with van der Waals surface area (Å²) in [5.41, 5.74) is -1.24. The average Bonchev–Trinajstić information content (AvgIpc) is 2.52. The van der Waals surface area contributed by atoms with E-state index in [1.54, 1.807) is 0 Å². The Morgan fingerprint density at radius 3 is 1.75 bits per heavy atom. The van der Waals surface area contributed by atoms with E-state index in [-0.39, 0.29) is 12.1 Å². The molecule has 2 aromatic rings. The lowest BCUT2D eigenvalue weighted by Crippen LogP contribution is -2.19. The normalized spacial score (nSPS) is 10.5. The molecule has 9 heteroatoms. The van der Waals surface area contributed by atoms with Crippen LogP contribution in [0.15, 0.2) is 24.3 Å². The van der Waals surface area contributed by atoms with Gasteiger partial charge in [-0.25, -0.2) is 22.0 Å². The lowest BCUT2D eigenvalue weighted by Gasteiger charge is -2.09. The van der Waals surface area contributed by atoms with Crippen molar-refractivity contribution in [1.29, 1.82) is 0 Å². The second kappa shape index (κ2) is 6.65. The maximum atomic E-state index is 13.5. The molecule has 0 aliphatic carbocycles. The molecule has 0 aliphatic heterocycles. The zero-order valence-electron chi connectivity index (χ0n) is 11.7. The van der Waals surface area contributed by atoms with E-state index < -0.39 is 46.5 Å². The number of nitrogens with one attached hydrogen (secondary N) is 1. The lowest BCUT2D eigenvalue weighted by molar-refractivity contribution is -0.136. The molecule has 2 N–H and O–H groups in total. The number of amides is 1. The van der Waals surface area contributed by atoms with E-state index in [0.29, 0.717) is 5.56 Å². The van der Waals surface area contributed by atoms with Crippen molar-refractivity contribution in [2.45, 2.75) is 6.42 Å². The van der Waals surface area contributed by atoms with E-state index in [1.165, 1.54) is 24.3 Å². The standard InChI is InChI=1S/C15H8F5NO3/c16-10-9(11(17)13(19)14(20)12(10)18)15(24)21-7-3-1-6(2-4-7)5-8(22)23/h1-4H,5H2,(H,21,24)(H,22,23). The second-order valence-electron chi connectivity index (χ2n) is 4.67. The largest absolute Gasteiger partial charge is 0.481 e. The maximum Gasteiger partial charge on any atom is 0.307 e. The molecule has 0 bridgehead atoms. The zero-order chi connectivity index (χ0) is 18.0. The van der Waals surface area contributed by atoms with Crippen molar-refractivity contribution < 1.29 is 36.6 Å². The molecule has 0 aromatic heterocycles. The molecule has 0 radical (unpaired) electrons. The summed E-state index contributed by atoms with van der Waals surface area (Å²) in [6.45, 7) is 0. The van der Waals surface area contributed by atoms with Gasteiger partial charge in [0, 0.05) is 5.69 Å². The van der Waals surface area contributed by atoms with Gasteiger partial charge in [0.05, 0.1) is 6.42 Å². The van der Waals surface area contributed by atoms with Gasteiger partial charge < -0.3 is 10.4 Å². The minimum absolute atomic E-state index is 0.0157. The Balaban J connectivity index is 2.29. The first-order chi connectivity index (χ1) is 11.2. The fraction of sp³-hybridized carbons (Fsp3) is 0.0667. The topological polar surface area (TPSA) is 66.4 Å². The van der Waals surface area contributed by atoms with Crippen molar-refractivity contribution in [2.24, 2.45) is 0 Å². The van der Waals surface area contributed by atoms with E-state index in [1.807, 2.05) is 5.32 Å². The van der Waals surface area contributed by atoms with E-state index in [0.717, 1.165) is 0 Å². The van der Waals surface area contributed by atoms with Gasteiger partial charge >= 0.3 is 5.97 Å². The molecule has 1 amide bonds. The van der Waals surface area contributed by atoms with Crippen LogP contribution in [0.2, 0.25) is 0 Å². The van der Waals surface area contributed by atoms with Gasteiger partial charge in [-0.15, -0.1) is 0 Å². The van der Waals surface area contributed by atoms with Crippen molar-refractivity contribution in [3.8, 4) is 0 Å². The van der Waals surface area contributed by atoms with E-state index >= 15 is 0 Å². The van der Waals surface area contributed by atoms with Crippen molar-refractivity contribution in [1.82, 2.24) is 0 Å². The van der Waals surface area contributed by atoms with Gasteiger partial charge in [-0.1, -0.05) is 12.1 Å². The van der Waals surface area contributed by atoms with Gasteiger partial charge in [0.25, 0.3) is 5.91 Å². The molecule has 2 rings (SSSR count). The number of aliphatic carboxylic acids is 1. The van der Waals surface area contributed by atoms with E-state index in [9.17, 15) is 31.5 Å². The Kier molecular flexibility index (Phi) is 4.82. The Morgan fingerprint density at radius 1 is 0.833 bits per heavy atom. The number of carboxylic acids is 1. The van der Waals surface area contributed by atoms with Crippen LogP contribution < -0.4 is 5.32 Å². The van der Waals surface area contributed by atoms with Crippen LogP contribution >= 0.6 is 0 Å². The van der Waals surface area contributed by atoms with Crippen LogP contribution in [0.3, 0.4) is 0 Å². The minimum Gasteiger partial charge on any atom is -0.481 e. The van der Waals surface area contributed by atoms with Gasteiger partial charge in [-0.2, -0.15) is 0 Å². The maximum absolute atomic E-state index is 13.5. The SMILES string of the molecule is O=C(O)Cc1ccc(NC(=O)c2c(F)c(F)c(F)c(F)c2F)cc1. The van der Waals surface area contributed by atoms with Gasteiger partial charge in [0.1, 0.15) is 5.56 Å². The molecule has 0 unspecified atom stereocenters. The van der Waals surface area contributed by atoms with E-state index in [4.69, 9.17) is 5.11 Å². The van der Waals surface area contributed by atoms with Crippen LogP contribution in [0.4, 0.5) is 27.6 Å². The number of carbonyl (C=O) groups is 2. The van der Waals surface area contributed by atoms with Crippen LogP contribution in [0.1, 0.15) is 15.9 Å². The number of rotatable bonds is 4. The Hall–Kier alpha value is -2.97. The number of carbonyl (C=O) groups excluding carboxylic acids is 1. The van der Waals surface area contributed by atoms with Crippen LogP contribution in [0, 0.1) is 29.1 Å². The Morgan fingerprint density at radius 2 is 1.29 bits per heavy atom.